The van der Waals surface area contributed by atoms with Gasteiger partial charge in [0, 0.05) is 31.2 Å². The number of aromatic nitrogens is 1. The van der Waals surface area contributed by atoms with Crippen molar-refractivity contribution in [3.63, 3.8) is 0 Å². The van der Waals surface area contributed by atoms with Crippen LogP contribution in [0.15, 0.2) is 12.3 Å². The zero-order valence-electron chi connectivity index (χ0n) is 16.9. The molecule has 1 saturated heterocycles. The molecular formula is C19H26ClF3N4O2. The van der Waals surface area contributed by atoms with Crippen LogP contribution < -0.4 is 15.5 Å². The molecule has 0 aliphatic carbocycles. The highest BCUT2D eigenvalue weighted by atomic mass is 35.5. The maximum absolute atomic E-state index is 13.4. The van der Waals surface area contributed by atoms with E-state index in [1.165, 1.54) is 11.1 Å². The second-order valence-electron chi connectivity index (χ2n) is 8.05. The summed E-state index contributed by atoms with van der Waals surface area (Å²) in [5.74, 6) is -1.12. The van der Waals surface area contributed by atoms with E-state index >= 15 is 0 Å². The van der Waals surface area contributed by atoms with Crippen LogP contribution >= 0.6 is 11.6 Å². The first-order valence-corrected chi connectivity index (χ1v) is 9.79. The average molecular weight is 435 g/mol. The Morgan fingerprint density at radius 3 is 2.55 bits per heavy atom. The number of nitrogens with zero attached hydrogens (tertiary/aromatic N) is 2. The summed E-state index contributed by atoms with van der Waals surface area (Å²) < 4.78 is 40.2. The summed E-state index contributed by atoms with van der Waals surface area (Å²) in [7, 11) is 0. The van der Waals surface area contributed by atoms with Crippen molar-refractivity contribution < 1.29 is 22.8 Å². The third kappa shape index (κ3) is 5.98. The number of pyridine rings is 1. The number of hydrogen-bond donors (Lipinski definition) is 2. The Kier molecular flexibility index (Phi) is 7.03. The highest BCUT2D eigenvalue weighted by Gasteiger charge is 2.38. The topological polar surface area (TPSA) is 74.3 Å². The van der Waals surface area contributed by atoms with Gasteiger partial charge < -0.3 is 15.5 Å². The van der Waals surface area contributed by atoms with Gasteiger partial charge in [-0.15, -0.1) is 0 Å². The maximum Gasteiger partial charge on any atom is 0.420 e. The zero-order chi connectivity index (χ0) is 22.0. The van der Waals surface area contributed by atoms with Crippen molar-refractivity contribution in [2.24, 2.45) is 5.92 Å². The molecule has 0 radical (unpaired) electrons. The third-order valence-corrected chi connectivity index (χ3v) is 4.93. The lowest BCUT2D eigenvalue weighted by atomic mass is 9.99. The Labute approximate surface area is 173 Å². The Bertz CT molecular complexity index is 768. The van der Waals surface area contributed by atoms with Crippen molar-refractivity contribution in [1.82, 2.24) is 15.6 Å². The normalized spacial score (nSPS) is 18.0. The van der Waals surface area contributed by atoms with Gasteiger partial charge in [-0.05, 0) is 32.8 Å². The molecule has 0 spiro atoms. The molecule has 162 valence electrons. The molecule has 1 atom stereocenters. The van der Waals surface area contributed by atoms with E-state index in [0.29, 0.717) is 19.4 Å². The Hall–Kier alpha value is -2.03. The molecule has 1 aromatic heterocycles. The molecule has 2 N–H and O–H groups in total. The molecule has 1 aliphatic heterocycles. The second-order valence-corrected chi connectivity index (χ2v) is 8.49. The minimum absolute atomic E-state index is 0.0921. The molecule has 0 bridgehead atoms. The number of anilines is 1. The lowest BCUT2D eigenvalue weighted by molar-refractivity contribution is -0.137. The fourth-order valence-electron chi connectivity index (χ4n) is 3.05. The summed E-state index contributed by atoms with van der Waals surface area (Å²) in [5, 5.41) is 5.43. The third-order valence-electron chi connectivity index (χ3n) is 4.72. The first-order chi connectivity index (χ1) is 13.3. The Balaban J connectivity index is 2.12. The summed E-state index contributed by atoms with van der Waals surface area (Å²) in [6, 6.07) is 0.487. The van der Waals surface area contributed by atoms with E-state index in [0.717, 1.165) is 6.07 Å². The number of nitrogens with one attached hydrogen (secondary N) is 2. The highest BCUT2D eigenvalue weighted by molar-refractivity contribution is 6.30. The van der Waals surface area contributed by atoms with Gasteiger partial charge in [-0.1, -0.05) is 25.4 Å². The van der Waals surface area contributed by atoms with Crippen LogP contribution in [0.3, 0.4) is 0 Å². The smallest absolute Gasteiger partial charge is 0.354 e. The van der Waals surface area contributed by atoms with Crippen LogP contribution in [0.5, 0.6) is 0 Å². The number of rotatable bonds is 5. The molecule has 2 amide bonds. The summed E-state index contributed by atoms with van der Waals surface area (Å²) in [4.78, 5) is 30.0. The van der Waals surface area contributed by atoms with Crippen LogP contribution in [0.4, 0.5) is 19.0 Å². The number of hydrogen-bond acceptors (Lipinski definition) is 4. The van der Waals surface area contributed by atoms with Crippen molar-refractivity contribution in [3.05, 3.63) is 22.8 Å². The largest absolute Gasteiger partial charge is 0.420 e. The first-order valence-electron chi connectivity index (χ1n) is 9.42. The molecule has 29 heavy (non-hydrogen) atoms. The molecule has 1 aromatic rings. The summed E-state index contributed by atoms with van der Waals surface area (Å²) in [5.41, 5.74) is -2.04. The molecular weight excluding hydrogens is 409 g/mol. The van der Waals surface area contributed by atoms with Gasteiger partial charge in [0.1, 0.15) is 11.4 Å². The van der Waals surface area contributed by atoms with E-state index < -0.39 is 23.2 Å². The highest BCUT2D eigenvalue weighted by Crippen LogP contribution is 2.37. The van der Waals surface area contributed by atoms with Crippen LogP contribution in [-0.4, -0.2) is 41.5 Å². The van der Waals surface area contributed by atoms with Gasteiger partial charge in [0.25, 0.3) is 0 Å². The van der Waals surface area contributed by atoms with Gasteiger partial charge in [0.2, 0.25) is 11.8 Å². The summed E-state index contributed by atoms with van der Waals surface area (Å²) >= 11 is 5.70. The molecule has 10 heteroatoms. The number of halogens is 4. The van der Waals surface area contributed by atoms with Crippen molar-refractivity contribution >= 4 is 29.2 Å². The van der Waals surface area contributed by atoms with Crippen molar-refractivity contribution in [3.8, 4) is 0 Å². The van der Waals surface area contributed by atoms with Gasteiger partial charge >= 0.3 is 6.18 Å². The fourth-order valence-corrected chi connectivity index (χ4v) is 3.21. The quantitative estimate of drug-likeness (QED) is 0.745. The lowest BCUT2D eigenvalue weighted by Crippen LogP contribution is -2.59. The number of carbonyl (C=O) groups is 2. The molecule has 1 fully saturated rings. The average Bonchev–Trinajstić information content (AvgIpc) is 2.60. The van der Waals surface area contributed by atoms with Gasteiger partial charge in [0.15, 0.2) is 0 Å². The Morgan fingerprint density at radius 1 is 1.31 bits per heavy atom. The SMILES string of the molecule is CC(C)C(=O)NC(C)(C)C(=O)N[C@@H]1CCCN(c2ncc(Cl)cc2C(F)(F)F)C1. The van der Waals surface area contributed by atoms with Crippen molar-refractivity contribution in [2.45, 2.75) is 58.3 Å². The van der Waals surface area contributed by atoms with E-state index in [-0.39, 0.29) is 35.3 Å². The Morgan fingerprint density at radius 2 is 1.97 bits per heavy atom. The number of amides is 2. The predicted octanol–water partition coefficient (Wildman–Crippen LogP) is 3.39. The monoisotopic (exact) mass is 434 g/mol. The molecule has 2 heterocycles. The van der Waals surface area contributed by atoms with E-state index in [9.17, 15) is 22.8 Å². The van der Waals surface area contributed by atoms with Crippen LogP contribution in [0.1, 0.15) is 46.1 Å². The van der Waals surface area contributed by atoms with Crippen molar-refractivity contribution in [1.29, 1.82) is 0 Å². The zero-order valence-corrected chi connectivity index (χ0v) is 17.6. The molecule has 6 nitrogen and oxygen atoms in total. The number of carbonyl (C=O) groups excluding carboxylic acids is 2. The minimum atomic E-state index is -4.59. The predicted molar refractivity (Wildman–Crippen MR) is 105 cm³/mol. The first kappa shape index (κ1) is 23.3. The number of piperidine rings is 1. The number of alkyl halides is 3. The van der Waals surface area contributed by atoms with Crippen LogP contribution in [0, 0.1) is 5.92 Å². The molecule has 0 unspecified atom stereocenters. The molecule has 2 rings (SSSR count). The van der Waals surface area contributed by atoms with Gasteiger partial charge in [-0.3, -0.25) is 9.59 Å². The minimum Gasteiger partial charge on any atom is -0.354 e. The molecule has 0 saturated carbocycles. The van der Waals surface area contributed by atoms with E-state index in [4.69, 9.17) is 11.6 Å². The standard InChI is InChI=1S/C19H26ClF3N4O2/c1-11(2)16(28)26-18(3,4)17(29)25-13-6-5-7-27(10-13)15-14(19(21,22)23)8-12(20)9-24-15/h8-9,11,13H,5-7,10H2,1-4H3,(H,25,29)(H,26,28)/t13-/m1/s1. The lowest BCUT2D eigenvalue weighted by Gasteiger charge is -2.36. The van der Waals surface area contributed by atoms with Gasteiger partial charge in [-0.25, -0.2) is 4.98 Å². The summed E-state index contributed by atoms with van der Waals surface area (Å²) in [6.07, 6.45) is -2.21. The molecule has 0 aromatic carbocycles. The second kappa shape index (κ2) is 8.77. The van der Waals surface area contributed by atoms with Crippen LogP contribution in [-0.2, 0) is 15.8 Å². The van der Waals surface area contributed by atoms with Gasteiger partial charge in [-0.2, -0.15) is 13.2 Å². The van der Waals surface area contributed by atoms with E-state index in [1.54, 1.807) is 27.7 Å². The summed E-state index contributed by atoms with van der Waals surface area (Å²) in [6.45, 7) is 7.19. The maximum atomic E-state index is 13.4. The van der Waals surface area contributed by atoms with Crippen LogP contribution in [0.25, 0.3) is 0 Å². The fraction of sp³-hybridized carbons (Fsp3) is 0.632. The van der Waals surface area contributed by atoms with Crippen molar-refractivity contribution in [2.75, 3.05) is 18.0 Å². The van der Waals surface area contributed by atoms with Gasteiger partial charge in [0.05, 0.1) is 10.6 Å². The van der Waals surface area contributed by atoms with E-state index in [1.807, 2.05) is 0 Å². The van der Waals surface area contributed by atoms with E-state index in [2.05, 4.69) is 15.6 Å². The van der Waals surface area contributed by atoms with Crippen LogP contribution in [0.2, 0.25) is 5.02 Å². The molecule has 1 aliphatic rings.